The van der Waals surface area contributed by atoms with E-state index >= 15 is 0 Å². The molecule has 70 valence electrons. The molecular weight excluding hydrogens is 164 g/mol. The lowest BCUT2D eigenvalue weighted by molar-refractivity contribution is 0.897. The van der Waals surface area contributed by atoms with Gasteiger partial charge in [0.2, 0.25) is 0 Å². The minimum atomic E-state index is 1.26. The van der Waals surface area contributed by atoms with Crippen molar-refractivity contribution in [3.63, 3.8) is 0 Å². The summed E-state index contributed by atoms with van der Waals surface area (Å²) in [5.41, 5.74) is 1.37. The summed E-state index contributed by atoms with van der Waals surface area (Å²) in [5, 5.41) is 0. The van der Waals surface area contributed by atoms with Crippen LogP contribution in [0.25, 0.3) is 0 Å². The van der Waals surface area contributed by atoms with Gasteiger partial charge < -0.3 is 0 Å². The number of hydrogen-bond donors (Lipinski definition) is 0. The number of allylic oxidation sites excluding steroid dienone is 4. The van der Waals surface area contributed by atoms with Gasteiger partial charge in [0.15, 0.2) is 0 Å². The van der Waals surface area contributed by atoms with Crippen LogP contribution in [-0.2, 0) is 0 Å². The molecule has 0 radical (unpaired) electrons. The molecule has 0 N–H and O–H groups in total. The fourth-order valence-corrected chi connectivity index (χ4v) is 1.63. The molecule has 0 aliphatic carbocycles. The van der Waals surface area contributed by atoms with Gasteiger partial charge in [-0.25, -0.2) is 0 Å². The van der Waals surface area contributed by atoms with Crippen molar-refractivity contribution in [1.29, 1.82) is 0 Å². The van der Waals surface area contributed by atoms with Gasteiger partial charge in [0, 0.05) is 0 Å². The molecule has 0 aromatic rings. The topological polar surface area (TPSA) is 0 Å². The van der Waals surface area contributed by atoms with Gasteiger partial charge in [-0.1, -0.05) is 31.1 Å². The Morgan fingerprint density at radius 2 is 1.83 bits per heavy atom. The highest BCUT2D eigenvalue weighted by Crippen LogP contribution is 2.16. The Hall–Kier alpha value is -0.170. The second-order valence-corrected chi connectivity index (χ2v) is 4.56. The molecule has 0 bridgehead atoms. The largest absolute Gasteiger partial charge is 0.131 e. The molecule has 0 saturated heterocycles. The average molecular weight is 184 g/mol. The van der Waals surface area contributed by atoms with Crippen LogP contribution in [0.15, 0.2) is 22.6 Å². The molecule has 0 rings (SSSR count). The summed E-state index contributed by atoms with van der Waals surface area (Å²) in [5.74, 6) is 1.26. The Morgan fingerprint density at radius 3 is 2.33 bits per heavy atom. The summed E-state index contributed by atoms with van der Waals surface area (Å²) in [7, 11) is 0. The molecule has 0 aliphatic heterocycles. The van der Waals surface area contributed by atoms with Crippen molar-refractivity contribution in [3.8, 4) is 0 Å². The van der Waals surface area contributed by atoms with Crippen molar-refractivity contribution in [2.24, 2.45) is 0 Å². The number of thioether (sulfide) groups is 1. The zero-order chi connectivity index (χ0) is 9.40. The third-order valence-electron chi connectivity index (χ3n) is 1.48. The van der Waals surface area contributed by atoms with E-state index in [1.54, 1.807) is 0 Å². The third kappa shape index (κ3) is 7.93. The standard InChI is InChI=1S/C11H20S/c1-5-6-9-12-11(4)8-7-10(2)3/h7-8H,5-6,9H2,1-4H3/b11-8+. The van der Waals surface area contributed by atoms with Crippen LogP contribution in [0.1, 0.15) is 40.5 Å². The summed E-state index contributed by atoms with van der Waals surface area (Å²) in [6.07, 6.45) is 7.00. The summed E-state index contributed by atoms with van der Waals surface area (Å²) < 4.78 is 0. The van der Waals surface area contributed by atoms with E-state index in [0.717, 1.165) is 0 Å². The Balaban J connectivity index is 3.63. The summed E-state index contributed by atoms with van der Waals surface area (Å²) in [6.45, 7) is 8.66. The molecule has 0 atom stereocenters. The second kappa shape index (κ2) is 7.48. The minimum Gasteiger partial charge on any atom is -0.131 e. The predicted molar refractivity (Wildman–Crippen MR) is 60.6 cm³/mol. The molecule has 0 aromatic heterocycles. The first-order chi connectivity index (χ1) is 5.66. The van der Waals surface area contributed by atoms with Crippen molar-refractivity contribution in [2.75, 3.05) is 5.75 Å². The van der Waals surface area contributed by atoms with Crippen LogP contribution >= 0.6 is 11.8 Å². The van der Waals surface area contributed by atoms with Crippen molar-refractivity contribution in [1.82, 2.24) is 0 Å². The fourth-order valence-electron chi connectivity index (χ4n) is 0.710. The van der Waals surface area contributed by atoms with Crippen LogP contribution < -0.4 is 0 Å². The molecule has 12 heavy (non-hydrogen) atoms. The van der Waals surface area contributed by atoms with E-state index in [0.29, 0.717) is 0 Å². The quantitative estimate of drug-likeness (QED) is 0.451. The summed E-state index contributed by atoms with van der Waals surface area (Å²) >= 11 is 1.96. The van der Waals surface area contributed by atoms with Crippen LogP contribution in [0.2, 0.25) is 0 Å². The van der Waals surface area contributed by atoms with Gasteiger partial charge in [-0.15, -0.1) is 11.8 Å². The van der Waals surface area contributed by atoms with Crippen molar-refractivity contribution in [2.45, 2.75) is 40.5 Å². The molecule has 0 aromatic carbocycles. The Bertz CT molecular complexity index is 162. The monoisotopic (exact) mass is 184 g/mol. The smallest absolute Gasteiger partial charge is 0.00234 e. The Kier molecular flexibility index (Phi) is 7.37. The van der Waals surface area contributed by atoms with Crippen LogP contribution in [0, 0.1) is 0 Å². The summed E-state index contributed by atoms with van der Waals surface area (Å²) in [4.78, 5) is 1.42. The zero-order valence-electron chi connectivity index (χ0n) is 8.68. The van der Waals surface area contributed by atoms with E-state index in [2.05, 4.69) is 39.8 Å². The first kappa shape index (κ1) is 11.8. The molecule has 1 heteroatoms. The van der Waals surface area contributed by atoms with Gasteiger partial charge in [0.05, 0.1) is 0 Å². The van der Waals surface area contributed by atoms with Crippen molar-refractivity contribution < 1.29 is 0 Å². The second-order valence-electron chi connectivity index (χ2n) is 3.22. The van der Waals surface area contributed by atoms with Crippen molar-refractivity contribution >= 4 is 11.8 Å². The Morgan fingerprint density at radius 1 is 1.17 bits per heavy atom. The first-order valence-corrected chi connectivity index (χ1v) is 5.60. The van der Waals surface area contributed by atoms with Gasteiger partial charge >= 0.3 is 0 Å². The molecule has 0 spiro atoms. The lowest BCUT2D eigenvalue weighted by atomic mass is 10.3. The SMILES string of the molecule is CCCCS/C(C)=C/C=C(C)C. The molecule has 0 heterocycles. The highest BCUT2D eigenvalue weighted by Gasteiger charge is 1.88. The van der Waals surface area contributed by atoms with Crippen LogP contribution in [0.5, 0.6) is 0 Å². The van der Waals surface area contributed by atoms with Gasteiger partial charge in [-0.05, 0) is 37.9 Å². The van der Waals surface area contributed by atoms with Gasteiger partial charge in [-0.3, -0.25) is 0 Å². The van der Waals surface area contributed by atoms with Crippen LogP contribution in [-0.4, -0.2) is 5.75 Å². The van der Waals surface area contributed by atoms with Crippen LogP contribution in [0.3, 0.4) is 0 Å². The lowest BCUT2D eigenvalue weighted by Gasteiger charge is -1.98. The molecule has 0 unspecified atom stereocenters. The zero-order valence-corrected chi connectivity index (χ0v) is 9.50. The van der Waals surface area contributed by atoms with Gasteiger partial charge in [-0.2, -0.15) is 0 Å². The normalized spacial score (nSPS) is 11.5. The summed E-state index contributed by atoms with van der Waals surface area (Å²) in [6, 6.07) is 0. The molecule has 0 aliphatic rings. The third-order valence-corrected chi connectivity index (χ3v) is 2.56. The highest BCUT2D eigenvalue weighted by atomic mass is 32.2. The molecule has 0 amide bonds. The molecular formula is C11H20S. The van der Waals surface area contributed by atoms with Gasteiger partial charge in [0.25, 0.3) is 0 Å². The lowest BCUT2D eigenvalue weighted by Crippen LogP contribution is -1.76. The number of rotatable bonds is 5. The highest BCUT2D eigenvalue weighted by molar-refractivity contribution is 8.03. The minimum absolute atomic E-state index is 1.26. The van der Waals surface area contributed by atoms with E-state index in [1.165, 1.54) is 29.1 Å². The molecule has 0 nitrogen and oxygen atoms in total. The van der Waals surface area contributed by atoms with Crippen molar-refractivity contribution in [3.05, 3.63) is 22.6 Å². The number of unbranched alkanes of at least 4 members (excludes halogenated alkanes) is 1. The molecule has 0 saturated carbocycles. The van der Waals surface area contributed by atoms with E-state index in [4.69, 9.17) is 0 Å². The molecule has 0 fully saturated rings. The maximum Gasteiger partial charge on any atom is -0.00234 e. The maximum absolute atomic E-state index is 2.23. The average Bonchev–Trinajstić information content (AvgIpc) is 2.01. The Labute approximate surface area is 81.1 Å². The predicted octanol–water partition coefficient (Wildman–Crippen LogP) is 4.39. The van der Waals surface area contributed by atoms with E-state index in [-0.39, 0.29) is 0 Å². The van der Waals surface area contributed by atoms with E-state index in [9.17, 15) is 0 Å². The number of hydrogen-bond acceptors (Lipinski definition) is 1. The fraction of sp³-hybridized carbons (Fsp3) is 0.636. The maximum atomic E-state index is 2.23. The van der Waals surface area contributed by atoms with E-state index in [1.807, 2.05) is 11.8 Å². The van der Waals surface area contributed by atoms with Gasteiger partial charge in [0.1, 0.15) is 0 Å². The van der Waals surface area contributed by atoms with Crippen LogP contribution in [0.4, 0.5) is 0 Å². The first-order valence-electron chi connectivity index (χ1n) is 4.61. The van der Waals surface area contributed by atoms with E-state index < -0.39 is 0 Å².